The number of ether oxygens (including phenoxy) is 1. The van der Waals surface area contributed by atoms with Gasteiger partial charge < -0.3 is 20.5 Å². The lowest BCUT2D eigenvalue weighted by Crippen LogP contribution is -2.44. The summed E-state index contributed by atoms with van der Waals surface area (Å²) >= 11 is 0. The van der Waals surface area contributed by atoms with Crippen LogP contribution in [0.4, 0.5) is 11.5 Å². The zero-order valence-electron chi connectivity index (χ0n) is 14.5. The quantitative estimate of drug-likeness (QED) is 0.737. The number of carbonyl (C=O) groups excluding carboxylic acids is 1. The zero-order chi connectivity index (χ0) is 18.6. The number of amides is 1. The highest BCUT2D eigenvalue weighted by atomic mass is 16.5. The first-order valence-corrected chi connectivity index (χ1v) is 8.44. The highest BCUT2D eigenvalue weighted by Gasteiger charge is 2.42. The fourth-order valence-corrected chi connectivity index (χ4v) is 2.79. The Morgan fingerprint density at radius 3 is 2.58 bits per heavy atom. The van der Waals surface area contributed by atoms with Gasteiger partial charge >= 0.3 is 5.97 Å². The van der Waals surface area contributed by atoms with E-state index in [0.717, 1.165) is 12.0 Å². The van der Waals surface area contributed by atoms with Crippen molar-refractivity contribution >= 4 is 23.4 Å². The van der Waals surface area contributed by atoms with Gasteiger partial charge in [-0.2, -0.15) is 0 Å². The zero-order valence-corrected chi connectivity index (χ0v) is 14.5. The highest BCUT2D eigenvalue weighted by molar-refractivity contribution is 6.04. The molecule has 7 heteroatoms. The van der Waals surface area contributed by atoms with Crippen LogP contribution in [-0.2, 0) is 9.53 Å². The van der Waals surface area contributed by atoms with Crippen LogP contribution in [0.2, 0.25) is 0 Å². The van der Waals surface area contributed by atoms with Crippen molar-refractivity contribution in [3.63, 3.8) is 0 Å². The number of rotatable bonds is 6. The van der Waals surface area contributed by atoms with Gasteiger partial charge in [0.05, 0.1) is 12.1 Å². The molecule has 1 saturated heterocycles. The summed E-state index contributed by atoms with van der Waals surface area (Å²) in [5.74, 6) is -0.737. The summed E-state index contributed by atoms with van der Waals surface area (Å²) in [5, 5.41) is 15.2. The number of pyridine rings is 1. The topological polar surface area (TPSA) is 101 Å². The minimum absolute atomic E-state index is 0.129. The molecule has 0 radical (unpaired) electrons. The number of anilines is 2. The Balaban J connectivity index is 1.60. The Labute approximate surface area is 151 Å². The van der Waals surface area contributed by atoms with Gasteiger partial charge in [-0.1, -0.05) is 17.7 Å². The summed E-state index contributed by atoms with van der Waals surface area (Å²) in [7, 11) is 0. The summed E-state index contributed by atoms with van der Waals surface area (Å²) in [4.78, 5) is 27.9. The standard InChI is InChI=1S/C19H21N3O4/c1-13-3-6-15(7-4-13)22-17(23)14-5-8-16(20-11-14)21-12-19(18(24)25)9-2-10-26-19/h3-8,11H,2,9-10,12H2,1H3,(H,20,21)(H,22,23)(H,24,25). The molecule has 1 amide bonds. The first kappa shape index (κ1) is 17.9. The number of carboxylic acid groups (broad SMARTS) is 1. The van der Waals surface area contributed by atoms with E-state index in [9.17, 15) is 14.7 Å². The second-order valence-corrected chi connectivity index (χ2v) is 6.36. The van der Waals surface area contributed by atoms with Crippen molar-refractivity contribution in [3.8, 4) is 0 Å². The van der Waals surface area contributed by atoms with Crippen molar-refractivity contribution in [3.05, 3.63) is 53.7 Å². The summed E-state index contributed by atoms with van der Waals surface area (Å²) in [6.45, 7) is 2.55. The summed E-state index contributed by atoms with van der Waals surface area (Å²) < 4.78 is 5.41. The number of hydrogen-bond donors (Lipinski definition) is 3. The molecule has 136 valence electrons. The van der Waals surface area contributed by atoms with Crippen LogP contribution >= 0.6 is 0 Å². The number of nitrogens with zero attached hydrogens (tertiary/aromatic N) is 1. The van der Waals surface area contributed by atoms with E-state index in [4.69, 9.17) is 4.74 Å². The van der Waals surface area contributed by atoms with Crippen LogP contribution in [0, 0.1) is 6.92 Å². The van der Waals surface area contributed by atoms with Crippen molar-refractivity contribution in [1.29, 1.82) is 0 Å². The third kappa shape index (κ3) is 4.00. The molecule has 0 spiro atoms. The molecule has 0 aliphatic carbocycles. The van der Waals surface area contributed by atoms with Crippen LogP contribution in [0.5, 0.6) is 0 Å². The molecule has 2 aromatic rings. The third-order valence-corrected chi connectivity index (χ3v) is 4.38. The van der Waals surface area contributed by atoms with E-state index in [2.05, 4.69) is 15.6 Å². The SMILES string of the molecule is Cc1ccc(NC(=O)c2ccc(NCC3(C(=O)O)CCCO3)nc2)cc1. The number of aliphatic carboxylic acids is 1. The second-order valence-electron chi connectivity index (χ2n) is 6.36. The number of nitrogens with one attached hydrogen (secondary N) is 2. The van der Waals surface area contributed by atoms with Crippen LogP contribution in [0.3, 0.4) is 0 Å². The second kappa shape index (κ2) is 7.53. The average Bonchev–Trinajstić information content (AvgIpc) is 3.13. The minimum Gasteiger partial charge on any atom is -0.479 e. The molecular formula is C19H21N3O4. The van der Waals surface area contributed by atoms with Crippen LogP contribution in [-0.4, -0.2) is 40.7 Å². The molecule has 1 unspecified atom stereocenters. The van der Waals surface area contributed by atoms with Crippen LogP contribution in [0.15, 0.2) is 42.6 Å². The fraction of sp³-hybridized carbons (Fsp3) is 0.316. The lowest BCUT2D eigenvalue weighted by molar-refractivity contribution is -0.158. The molecule has 3 rings (SSSR count). The first-order chi connectivity index (χ1) is 12.5. The number of benzene rings is 1. The average molecular weight is 355 g/mol. The van der Waals surface area contributed by atoms with Gasteiger partial charge in [-0.3, -0.25) is 4.79 Å². The molecule has 1 atom stereocenters. The summed E-state index contributed by atoms with van der Waals surface area (Å²) in [5.41, 5.74) is 1.04. The minimum atomic E-state index is -1.21. The molecule has 0 saturated carbocycles. The number of aryl methyl sites for hydroxylation is 1. The van der Waals surface area contributed by atoms with Gasteiger partial charge in [0.15, 0.2) is 5.60 Å². The van der Waals surface area contributed by atoms with Crippen molar-refractivity contribution in [2.75, 3.05) is 23.8 Å². The maximum Gasteiger partial charge on any atom is 0.337 e. The van der Waals surface area contributed by atoms with Crippen molar-refractivity contribution < 1.29 is 19.4 Å². The van der Waals surface area contributed by atoms with Crippen LogP contribution in [0.25, 0.3) is 0 Å². The van der Waals surface area contributed by atoms with Gasteiger partial charge in [-0.15, -0.1) is 0 Å². The third-order valence-electron chi connectivity index (χ3n) is 4.38. The monoisotopic (exact) mass is 355 g/mol. The predicted molar refractivity (Wildman–Crippen MR) is 97.4 cm³/mol. The van der Waals surface area contributed by atoms with Crippen molar-refractivity contribution in [2.24, 2.45) is 0 Å². The van der Waals surface area contributed by atoms with Crippen molar-refractivity contribution in [2.45, 2.75) is 25.4 Å². The molecule has 0 bridgehead atoms. The van der Waals surface area contributed by atoms with E-state index in [1.807, 2.05) is 31.2 Å². The van der Waals surface area contributed by atoms with Crippen LogP contribution < -0.4 is 10.6 Å². The molecule has 2 heterocycles. The molecule has 1 aromatic heterocycles. The van der Waals surface area contributed by atoms with E-state index in [0.29, 0.717) is 30.1 Å². The molecule has 3 N–H and O–H groups in total. The van der Waals surface area contributed by atoms with Gasteiger partial charge in [0, 0.05) is 18.5 Å². The summed E-state index contributed by atoms with van der Waals surface area (Å²) in [6.07, 6.45) is 2.64. The van der Waals surface area contributed by atoms with Crippen LogP contribution in [0.1, 0.15) is 28.8 Å². The van der Waals surface area contributed by atoms with Gasteiger partial charge in [-0.05, 0) is 44.0 Å². The molecule has 1 aliphatic rings. The van der Waals surface area contributed by atoms with Gasteiger partial charge in [-0.25, -0.2) is 9.78 Å². The Kier molecular flexibility index (Phi) is 5.18. The lowest BCUT2D eigenvalue weighted by Gasteiger charge is -2.23. The molecule has 7 nitrogen and oxygen atoms in total. The fourth-order valence-electron chi connectivity index (χ4n) is 2.79. The maximum atomic E-state index is 12.2. The normalized spacial score (nSPS) is 19.1. The Bertz CT molecular complexity index is 781. The van der Waals surface area contributed by atoms with Gasteiger partial charge in [0.25, 0.3) is 5.91 Å². The van der Waals surface area contributed by atoms with E-state index < -0.39 is 11.6 Å². The Hall–Kier alpha value is -2.93. The number of aromatic nitrogens is 1. The highest BCUT2D eigenvalue weighted by Crippen LogP contribution is 2.26. The molecule has 1 aromatic carbocycles. The Morgan fingerprint density at radius 2 is 2.00 bits per heavy atom. The van der Waals surface area contributed by atoms with E-state index >= 15 is 0 Å². The van der Waals surface area contributed by atoms with Gasteiger partial charge in [0.1, 0.15) is 5.82 Å². The first-order valence-electron chi connectivity index (χ1n) is 8.44. The Morgan fingerprint density at radius 1 is 1.23 bits per heavy atom. The largest absolute Gasteiger partial charge is 0.479 e. The smallest absolute Gasteiger partial charge is 0.337 e. The molecule has 1 fully saturated rings. The predicted octanol–water partition coefficient (Wildman–Crippen LogP) is 2.69. The van der Waals surface area contributed by atoms with Crippen molar-refractivity contribution in [1.82, 2.24) is 4.98 Å². The maximum absolute atomic E-state index is 12.2. The van der Waals surface area contributed by atoms with E-state index in [1.54, 1.807) is 12.1 Å². The van der Waals surface area contributed by atoms with E-state index in [1.165, 1.54) is 6.20 Å². The number of hydrogen-bond acceptors (Lipinski definition) is 5. The summed E-state index contributed by atoms with van der Waals surface area (Å²) in [6, 6.07) is 10.8. The molecular weight excluding hydrogens is 334 g/mol. The molecule has 26 heavy (non-hydrogen) atoms. The number of carbonyl (C=O) groups is 2. The van der Waals surface area contributed by atoms with Gasteiger partial charge in [0.2, 0.25) is 0 Å². The molecule has 1 aliphatic heterocycles. The van der Waals surface area contributed by atoms with E-state index in [-0.39, 0.29) is 12.5 Å². The lowest BCUT2D eigenvalue weighted by atomic mass is 10.0. The number of carboxylic acids is 1.